The molecule has 6 nitrogen and oxygen atoms in total. The van der Waals surface area contributed by atoms with Gasteiger partial charge in [0.1, 0.15) is 0 Å². The fraction of sp³-hybridized carbons (Fsp3) is 0.182. The Bertz CT molecular complexity index is 1270. The Hall–Kier alpha value is -3.13. The third-order valence-electron chi connectivity index (χ3n) is 5.51. The smallest absolute Gasteiger partial charge is 0.274 e. The molecule has 0 bridgehead atoms. The number of rotatable bonds is 2. The van der Waals surface area contributed by atoms with Crippen LogP contribution in [0.3, 0.4) is 0 Å². The highest BCUT2D eigenvalue weighted by atomic mass is 79.9. The average molecular weight is 466 g/mol. The highest BCUT2D eigenvalue weighted by Gasteiger charge is 2.30. The molecule has 0 saturated heterocycles. The monoisotopic (exact) mass is 465 g/mol. The summed E-state index contributed by atoms with van der Waals surface area (Å²) in [4.78, 5) is 23.0. The van der Waals surface area contributed by atoms with Crippen LogP contribution in [0.25, 0.3) is 16.8 Å². The van der Waals surface area contributed by atoms with E-state index in [1.54, 1.807) is 29.0 Å². The summed E-state index contributed by atoms with van der Waals surface area (Å²) in [6.07, 6.45) is 5.74. The first kappa shape index (κ1) is 18.9. The zero-order valence-corrected chi connectivity index (χ0v) is 17.7. The van der Waals surface area contributed by atoms with Crippen molar-refractivity contribution in [2.45, 2.75) is 19.4 Å². The molecule has 0 aliphatic carbocycles. The highest BCUT2D eigenvalue weighted by Crippen LogP contribution is 2.33. The Labute approximate surface area is 180 Å². The molecule has 5 rings (SSSR count). The lowest BCUT2D eigenvalue weighted by molar-refractivity contribution is 0.0671. The van der Waals surface area contributed by atoms with Crippen molar-refractivity contribution >= 4 is 27.5 Å². The molecule has 4 aromatic rings. The number of hydrogen-bond donors (Lipinski definition) is 0. The van der Waals surface area contributed by atoms with Gasteiger partial charge in [0.05, 0.1) is 10.5 Å². The molecule has 1 unspecified atom stereocenters. The topological polar surface area (TPSA) is 63.4 Å². The molecule has 0 radical (unpaired) electrons. The summed E-state index contributed by atoms with van der Waals surface area (Å²) in [5.41, 5.74) is 5.17. The van der Waals surface area contributed by atoms with Crippen LogP contribution in [0.4, 0.5) is 4.39 Å². The van der Waals surface area contributed by atoms with Crippen LogP contribution in [0.15, 0.2) is 59.5 Å². The first-order valence-corrected chi connectivity index (χ1v) is 10.4. The maximum atomic E-state index is 13.2. The quantitative estimate of drug-likeness (QED) is 0.410. The average Bonchev–Trinajstić information content (AvgIpc) is 3.17. The minimum atomic E-state index is -0.492. The van der Waals surface area contributed by atoms with Crippen LogP contribution >= 0.6 is 15.9 Å². The zero-order valence-electron chi connectivity index (χ0n) is 16.1. The second-order valence-electron chi connectivity index (χ2n) is 7.31. The number of fused-ring (bicyclic) bond motifs is 2. The number of carbonyl (C=O) groups is 1. The number of carbonyl (C=O) groups excluding carboxylic acids is 1. The van der Waals surface area contributed by atoms with Crippen LogP contribution in [0, 0.1) is 5.95 Å². The third-order valence-corrected chi connectivity index (χ3v) is 5.91. The van der Waals surface area contributed by atoms with Crippen molar-refractivity contribution in [3.8, 4) is 11.1 Å². The van der Waals surface area contributed by atoms with Crippen molar-refractivity contribution in [1.29, 1.82) is 0 Å². The summed E-state index contributed by atoms with van der Waals surface area (Å²) in [5.74, 6) is -0.601. The summed E-state index contributed by atoms with van der Waals surface area (Å²) in [6.45, 7) is 2.63. The van der Waals surface area contributed by atoms with Gasteiger partial charge in [0, 0.05) is 36.8 Å². The van der Waals surface area contributed by atoms with Crippen molar-refractivity contribution < 1.29 is 9.18 Å². The molecular formula is C22H17BrFN5O. The van der Waals surface area contributed by atoms with Crippen molar-refractivity contribution in [2.24, 2.45) is 0 Å². The fourth-order valence-corrected chi connectivity index (χ4v) is 4.24. The van der Waals surface area contributed by atoms with E-state index in [1.807, 2.05) is 24.0 Å². The minimum Gasteiger partial charge on any atom is -0.330 e. The Kier molecular flexibility index (Phi) is 4.58. The normalized spacial score (nSPS) is 16.0. The molecule has 3 aromatic heterocycles. The molecular weight excluding hydrogens is 449 g/mol. The summed E-state index contributed by atoms with van der Waals surface area (Å²) in [6, 6.07) is 10.9. The summed E-state index contributed by atoms with van der Waals surface area (Å²) < 4.78 is 15.5. The van der Waals surface area contributed by atoms with Crippen LogP contribution < -0.4 is 0 Å². The van der Waals surface area contributed by atoms with Crippen LogP contribution in [-0.4, -0.2) is 36.9 Å². The number of aromatic nitrogens is 4. The Morgan fingerprint density at radius 2 is 1.97 bits per heavy atom. The van der Waals surface area contributed by atoms with Crippen LogP contribution in [0.5, 0.6) is 0 Å². The summed E-state index contributed by atoms with van der Waals surface area (Å²) >= 11 is 3.37. The number of halogens is 2. The van der Waals surface area contributed by atoms with Gasteiger partial charge < -0.3 is 4.90 Å². The van der Waals surface area contributed by atoms with E-state index in [2.05, 4.69) is 37.1 Å². The first-order valence-electron chi connectivity index (χ1n) is 9.56. The van der Waals surface area contributed by atoms with E-state index < -0.39 is 5.95 Å². The Balaban J connectivity index is 1.43. The molecule has 0 spiro atoms. The Morgan fingerprint density at radius 1 is 1.13 bits per heavy atom. The zero-order chi connectivity index (χ0) is 20.8. The van der Waals surface area contributed by atoms with Gasteiger partial charge in [-0.1, -0.05) is 18.2 Å². The van der Waals surface area contributed by atoms with Gasteiger partial charge in [0.15, 0.2) is 11.3 Å². The largest absolute Gasteiger partial charge is 0.330 e. The maximum absolute atomic E-state index is 13.2. The molecule has 0 saturated carbocycles. The van der Waals surface area contributed by atoms with Gasteiger partial charge in [-0.2, -0.15) is 9.49 Å². The molecule has 0 fully saturated rings. The van der Waals surface area contributed by atoms with E-state index in [-0.39, 0.29) is 11.9 Å². The molecule has 150 valence electrons. The number of amides is 1. The number of pyridine rings is 1. The lowest BCUT2D eigenvalue weighted by Gasteiger charge is -2.35. The molecule has 1 aliphatic rings. The minimum absolute atomic E-state index is 0.0776. The van der Waals surface area contributed by atoms with Crippen LogP contribution in [0.2, 0.25) is 0 Å². The third kappa shape index (κ3) is 3.27. The molecule has 30 heavy (non-hydrogen) atoms. The van der Waals surface area contributed by atoms with E-state index in [1.165, 1.54) is 17.8 Å². The highest BCUT2D eigenvalue weighted by molar-refractivity contribution is 9.10. The molecule has 8 heteroatoms. The number of hydrogen-bond acceptors (Lipinski definition) is 4. The number of benzene rings is 1. The van der Waals surface area contributed by atoms with Gasteiger partial charge in [0.25, 0.3) is 5.91 Å². The second kappa shape index (κ2) is 7.28. The van der Waals surface area contributed by atoms with E-state index in [9.17, 15) is 9.18 Å². The van der Waals surface area contributed by atoms with E-state index >= 15 is 0 Å². The molecule has 4 heterocycles. The summed E-state index contributed by atoms with van der Waals surface area (Å²) in [5, 5.41) is 4.40. The summed E-state index contributed by atoms with van der Waals surface area (Å²) in [7, 11) is 0. The lowest BCUT2D eigenvalue weighted by Crippen LogP contribution is -2.39. The number of nitrogens with zero attached hydrogens (tertiary/aromatic N) is 5. The second-order valence-corrected chi connectivity index (χ2v) is 8.23. The van der Waals surface area contributed by atoms with Crippen molar-refractivity contribution in [1.82, 2.24) is 24.5 Å². The lowest BCUT2D eigenvalue weighted by atomic mass is 9.90. The first-order chi connectivity index (χ1) is 14.5. The van der Waals surface area contributed by atoms with Gasteiger partial charge in [0.2, 0.25) is 5.95 Å². The molecule has 1 atom stereocenters. The van der Waals surface area contributed by atoms with E-state index in [0.29, 0.717) is 17.9 Å². The SMILES string of the molecule is CC1c2ccc(-c3ccc(F)nc3)cc2CCN1C(=O)c1cc2ncc(Br)cn2n1. The Morgan fingerprint density at radius 3 is 2.77 bits per heavy atom. The van der Waals surface area contributed by atoms with Gasteiger partial charge >= 0.3 is 0 Å². The molecule has 0 N–H and O–H groups in total. The van der Waals surface area contributed by atoms with Crippen LogP contribution in [-0.2, 0) is 6.42 Å². The fourth-order valence-electron chi connectivity index (χ4n) is 3.94. The van der Waals surface area contributed by atoms with Crippen molar-refractivity contribution in [3.63, 3.8) is 0 Å². The van der Waals surface area contributed by atoms with Crippen molar-refractivity contribution in [2.75, 3.05) is 6.54 Å². The predicted molar refractivity (Wildman–Crippen MR) is 113 cm³/mol. The van der Waals surface area contributed by atoms with Gasteiger partial charge in [-0.25, -0.2) is 14.5 Å². The van der Waals surface area contributed by atoms with Gasteiger partial charge in [-0.05, 0) is 58.1 Å². The maximum Gasteiger partial charge on any atom is 0.274 e. The molecule has 1 amide bonds. The molecule has 1 aliphatic heterocycles. The van der Waals surface area contributed by atoms with Gasteiger partial charge in [-0.3, -0.25) is 4.79 Å². The van der Waals surface area contributed by atoms with Crippen LogP contribution in [0.1, 0.15) is 34.6 Å². The van der Waals surface area contributed by atoms with E-state index in [0.717, 1.165) is 27.6 Å². The van der Waals surface area contributed by atoms with Gasteiger partial charge in [-0.15, -0.1) is 0 Å². The predicted octanol–water partition coefficient (Wildman–Crippen LogP) is 4.45. The standard InChI is InChI=1S/C22H17BrFN5O/c1-13-18-4-2-14(16-3-5-20(24)25-10-16)8-15(18)6-7-28(13)22(30)19-9-21-26-11-17(23)12-29(21)27-19/h2-5,8-13H,6-7H2,1H3. The van der Waals surface area contributed by atoms with Crippen molar-refractivity contribution in [3.05, 3.63) is 82.2 Å². The van der Waals surface area contributed by atoms with E-state index in [4.69, 9.17) is 0 Å². The molecule has 1 aromatic carbocycles.